The molecule has 0 bridgehead atoms. The van der Waals surface area contributed by atoms with Crippen molar-refractivity contribution in [3.8, 4) is 0 Å². The Morgan fingerprint density at radius 1 is 1.40 bits per heavy atom. The summed E-state index contributed by atoms with van der Waals surface area (Å²) in [7, 11) is 1.28. The number of hydrogen-bond acceptors (Lipinski definition) is 8. The molecule has 0 fully saturated rings. The van der Waals surface area contributed by atoms with Crippen LogP contribution in [0.4, 0.5) is 4.79 Å². The highest BCUT2D eigenvalue weighted by Gasteiger charge is 2.35. The fraction of sp³-hybridized carbons (Fsp3) is 0.333. The van der Waals surface area contributed by atoms with Crippen LogP contribution in [0, 0.1) is 0 Å². The van der Waals surface area contributed by atoms with Crippen LogP contribution in [0.2, 0.25) is 0 Å². The maximum Gasteiger partial charge on any atom is 0.406 e. The van der Waals surface area contributed by atoms with Gasteiger partial charge in [-0.05, 0) is 25.3 Å². The van der Waals surface area contributed by atoms with Gasteiger partial charge >= 0.3 is 6.09 Å². The molecule has 9 nitrogen and oxygen atoms in total. The zero-order valence-corrected chi connectivity index (χ0v) is 14.2. The van der Waals surface area contributed by atoms with E-state index in [0.29, 0.717) is 25.1 Å². The van der Waals surface area contributed by atoms with Gasteiger partial charge in [0, 0.05) is 12.6 Å². The van der Waals surface area contributed by atoms with Gasteiger partial charge < -0.3 is 14.6 Å². The van der Waals surface area contributed by atoms with E-state index in [2.05, 4.69) is 26.9 Å². The fourth-order valence-electron chi connectivity index (χ4n) is 2.04. The number of ether oxygens (including phenoxy) is 1. The van der Waals surface area contributed by atoms with Gasteiger partial charge in [-0.3, -0.25) is 14.4 Å². The van der Waals surface area contributed by atoms with E-state index in [1.54, 1.807) is 0 Å². The molecule has 2 amide bonds. The summed E-state index contributed by atoms with van der Waals surface area (Å²) in [6.45, 7) is 3.53. The second kappa shape index (κ2) is 8.38. The standard InChI is InChI=1S/C15H15N3O6S/c1-16-14(21)11-10-12(20)9(7-8(19)13(10)24-18-11)25-6-4-3-5-17-15(22)23-2/h7H,1,3-6H2,2H3,(H,17,22). The lowest BCUT2D eigenvalue weighted by atomic mass is 10.00. The van der Waals surface area contributed by atoms with Gasteiger partial charge in [0.2, 0.25) is 17.3 Å². The summed E-state index contributed by atoms with van der Waals surface area (Å²) in [5.74, 6) is -1.56. The van der Waals surface area contributed by atoms with Gasteiger partial charge in [-0.2, -0.15) is 0 Å². The molecule has 1 aliphatic rings. The monoisotopic (exact) mass is 365 g/mol. The van der Waals surface area contributed by atoms with Gasteiger partial charge in [0.1, 0.15) is 5.56 Å². The molecule has 132 valence electrons. The lowest BCUT2D eigenvalue weighted by Gasteiger charge is -2.10. The molecule has 0 aliphatic heterocycles. The summed E-state index contributed by atoms with van der Waals surface area (Å²) in [6.07, 6.45) is 2.05. The van der Waals surface area contributed by atoms with Crippen molar-refractivity contribution in [1.82, 2.24) is 10.5 Å². The van der Waals surface area contributed by atoms with E-state index in [9.17, 15) is 19.2 Å². The molecular formula is C15H15N3O6S. The second-order valence-corrected chi connectivity index (χ2v) is 6.01. The first-order valence-corrected chi connectivity index (χ1v) is 8.24. The number of aliphatic imine (C=N–C) groups is 1. The molecule has 0 spiro atoms. The van der Waals surface area contributed by atoms with Crippen LogP contribution in [0.25, 0.3) is 0 Å². The molecule has 0 saturated heterocycles. The van der Waals surface area contributed by atoms with Crippen LogP contribution < -0.4 is 5.32 Å². The number of thioether (sulfide) groups is 1. The molecule has 0 unspecified atom stereocenters. The predicted octanol–water partition coefficient (Wildman–Crippen LogP) is 1.65. The zero-order valence-electron chi connectivity index (χ0n) is 13.4. The maximum absolute atomic E-state index is 12.5. The first-order chi connectivity index (χ1) is 12.0. The second-order valence-electron chi connectivity index (χ2n) is 4.87. The van der Waals surface area contributed by atoms with Crippen molar-refractivity contribution in [3.05, 3.63) is 28.0 Å². The summed E-state index contributed by atoms with van der Waals surface area (Å²) in [6, 6.07) is 0. The van der Waals surface area contributed by atoms with Crippen molar-refractivity contribution in [2.75, 3.05) is 19.4 Å². The van der Waals surface area contributed by atoms with E-state index in [0.717, 1.165) is 0 Å². The molecule has 2 rings (SSSR count). The smallest absolute Gasteiger partial charge is 0.406 e. The van der Waals surface area contributed by atoms with Crippen molar-refractivity contribution in [2.24, 2.45) is 4.99 Å². The largest absolute Gasteiger partial charge is 0.453 e. The number of carbonyl (C=O) groups excluding carboxylic acids is 4. The summed E-state index contributed by atoms with van der Waals surface area (Å²) >= 11 is 1.19. The van der Waals surface area contributed by atoms with Gasteiger partial charge in [-0.15, -0.1) is 11.8 Å². The van der Waals surface area contributed by atoms with Crippen molar-refractivity contribution in [2.45, 2.75) is 12.8 Å². The van der Waals surface area contributed by atoms with Gasteiger partial charge in [-0.25, -0.2) is 9.79 Å². The van der Waals surface area contributed by atoms with E-state index >= 15 is 0 Å². The molecule has 25 heavy (non-hydrogen) atoms. The summed E-state index contributed by atoms with van der Waals surface area (Å²) in [5, 5.41) is 6.00. The van der Waals surface area contributed by atoms with Crippen molar-refractivity contribution >= 4 is 42.0 Å². The normalized spacial score (nSPS) is 13.1. The van der Waals surface area contributed by atoms with E-state index in [-0.39, 0.29) is 21.9 Å². The minimum atomic E-state index is -0.828. The third-order valence-electron chi connectivity index (χ3n) is 3.26. The number of nitrogens with zero attached hydrogens (tertiary/aromatic N) is 2. The molecule has 10 heteroatoms. The van der Waals surface area contributed by atoms with E-state index in [4.69, 9.17) is 4.52 Å². The molecule has 1 aromatic heterocycles. The number of alkyl carbamates (subject to hydrolysis) is 1. The van der Waals surface area contributed by atoms with Gasteiger partial charge in [0.15, 0.2) is 5.69 Å². The van der Waals surface area contributed by atoms with Crippen LogP contribution in [0.1, 0.15) is 44.2 Å². The highest BCUT2D eigenvalue weighted by atomic mass is 32.2. The summed E-state index contributed by atoms with van der Waals surface area (Å²) in [5.41, 5.74) is -0.475. The lowest BCUT2D eigenvalue weighted by Crippen LogP contribution is -2.24. The van der Waals surface area contributed by atoms with Gasteiger partial charge in [0.25, 0.3) is 5.91 Å². The first-order valence-electron chi connectivity index (χ1n) is 7.25. The molecule has 1 aromatic rings. The summed E-state index contributed by atoms with van der Waals surface area (Å²) in [4.78, 5) is 50.4. The number of allylic oxidation sites excluding steroid dienone is 2. The Labute approximate surface area is 146 Å². The number of ketones is 2. The molecule has 1 N–H and O–H groups in total. The van der Waals surface area contributed by atoms with Crippen LogP contribution in [-0.2, 0) is 4.74 Å². The van der Waals surface area contributed by atoms with E-state index < -0.39 is 23.6 Å². The van der Waals surface area contributed by atoms with Gasteiger partial charge in [0.05, 0.1) is 12.0 Å². The van der Waals surface area contributed by atoms with Crippen LogP contribution >= 0.6 is 11.8 Å². The Kier molecular flexibility index (Phi) is 6.23. The SMILES string of the molecule is C=NC(=O)c1noc2c1C(=O)C(SCCCCNC(=O)OC)=CC2=O. The molecule has 1 heterocycles. The highest BCUT2D eigenvalue weighted by molar-refractivity contribution is 8.04. The minimum Gasteiger partial charge on any atom is -0.453 e. The van der Waals surface area contributed by atoms with Crippen molar-refractivity contribution < 1.29 is 28.4 Å². The van der Waals surface area contributed by atoms with Crippen molar-refractivity contribution in [1.29, 1.82) is 0 Å². The Hall–Kier alpha value is -2.75. The average molecular weight is 365 g/mol. The number of amides is 2. The first kappa shape index (κ1) is 18.6. The molecule has 0 saturated carbocycles. The van der Waals surface area contributed by atoms with Crippen molar-refractivity contribution in [3.63, 3.8) is 0 Å². The topological polar surface area (TPSA) is 128 Å². The van der Waals surface area contributed by atoms with Crippen LogP contribution in [-0.4, -0.2) is 54.8 Å². The average Bonchev–Trinajstić information content (AvgIpc) is 3.06. The van der Waals surface area contributed by atoms with Crippen LogP contribution in [0.15, 0.2) is 20.5 Å². The number of Topliss-reactive ketones (excluding diaryl/α,β-unsaturated/α-hetero) is 1. The number of unbranched alkanes of at least 4 members (excludes halogenated alkanes) is 1. The highest BCUT2D eigenvalue weighted by Crippen LogP contribution is 2.31. The molecule has 0 atom stereocenters. The third kappa shape index (κ3) is 4.21. The molecular weight excluding hydrogens is 350 g/mol. The summed E-state index contributed by atoms with van der Waals surface area (Å²) < 4.78 is 9.24. The number of aromatic nitrogens is 1. The molecule has 0 aromatic carbocycles. The Morgan fingerprint density at radius 3 is 2.84 bits per heavy atom. The predicted molar refractivity (Wildman–Crippen MR) is 89.2 cm³/mol. The Morgan fingerprint density at radius 2 is 2.16 bits per heavy atom. The number of rotatable bonds is 7. The van der Waals surface area contributed by atoms with E-state index in [1.807, 2.05) is 0 Å². The Balaban J connectivity index is 1.95. The van der Waals surface area contributed by atoms with Gasteiger partial charge in [-0.1, -0.05) is 5.16 Å². The number of methoxy groups -OCH3 is 1. The Bertz CT molecular complexity index is 767. The molecule has 0 radical (unpaired) electrons. The number of nitrogens with one attached hydrogen (secondary N) is 1. The third-order valence-corrected chi connectivity index (χ3v) is 4.37. The number of fused-ring (bicyclic) bond motifs is 1. The van der Waals surface area contributed by atoms with E-state index in [1.165, 1.54) is 24.9 Å². The number of hydrogen-bond donors (Lipinski definition) is 1. The van der Waals surface area contributed by atoms with Crippen LogP contribution in [0.3, 0.4) is 0 Å². The quantitative estimate of drug-likeness (QED) is 0.570. The maximum atomic E-state index is 12.5. The van der Waals surface area contributed by atoms with Crippen LogP contribution in [0.5, 0.6) is 0 Å². The zero-order chi connectivity index (χ0) is 18.4. The lowest BCUT2D eigenvalue weighted by molar-refractivity contribution is 0.0966. The number of carbonyl (C=O) groups is 4. The molecule has 1 aliphatic carbocycles. The fourth-order valence-corrected chi connectivity index (χ4v) is 3.03. The minimum absolute atomic E-state index is 0.167.